The predicted octanol–water partition coefficient (Wildman–Crippen LogP) is 1.64. The van der Waals surface area contributed by atoms with E-state index in [0.717, 1.165) is 17.5 Å². The zero-order valence-corrected chi connectivity index (χ0v) is 16.4. The Morgan fingerprint density at radius 3 is 2.89 bits per heavy atom. The fraction of sp³-hybridized carbons (Fsp3) is 0.381. The lowest BCUT2D eigenvalue weighted by atomic mass is 10.1. The number of H-pyrrole nitrogens is 1. The van der Waals surface area contributed by atoms with Gasteiger partial charge in [0.05, 0.1) is 0 Å². The summed E-state index contributed by atoms with van der Waals surface area (Å²) in [5.74, 6) is 0.0215. The number of likely N-dealkylation sites (N-methyl/N-ethyl adjacent to an activating group) is 2. The van der Waals surface area contributed by atoms with Gasteiger partial charge in [-0.2, -0.15) is 0 Å². The number of hydrogen-bond donors (Lipinski definition) is 2. The quantitative estimate of drug-likeness (QED) is 0.713. The SMILES string of the molecule is CCN(c1cc(-c2ccncc2)c[nH]c1=O)[C@H]1CCN(C(=O)/C=C/CNC)C1. The molecule has 0 radical (unpaired) electrons. The van der Waals surface area contributed by atoms with Gasteiger partial charge in [-0.1, -0.05) is 6.08 Å². The minimum atomic E-state index is -0.113. The van der Waals surface area contributed by atoms with Crippen LogP contribution in [0.2, 0.25) is 0 Å². The van der Waals surface area contributed by atoms with E-state index in [0.29, 0.717) is 31.9 Å². The summed E-state index contributed by atoms with van der Waals surface area (Å²) in [4.78, 5) is 35.7. The highest BCUT2D eigenvalue weighted by Crippen LogP contribution is 2.25. The first kappa shape index (κ1) is 19.8. The largest absolute Gasteiger partial charge is 0.363 e. The Morgan fingerprint density at radius 1 is 1.39 bits per heavy atom. The van der Waals surface area contributed by atoms with Crippen LogP contribution in [0.1, 0.15) is 13.3 Å². The first-order chi connectivity index (χ1) is 13.6. The normalized spacial score (nSPS) is 16.6. The number of nitrogens with one attached hydrogen (secondary N) is 2. The number of rotatable bonds is 7. The number of nitrogens with zero attached hydrogens (tertiary/aromatic N) is 3. The van der Waals surface area contributed by atoms with Gasteiger partial charge in [-0.05, 0) is 44.2 Å². The third-order valence-electron chi connectivity index (χ3n) is 5.05. The van der Waals surface area contributed by atoms with Crippen LogP contribution >= 0.6 is 0 Å². The Kier molecular flexibility index (Phi) is 6.60. The molecule has 1 fully saturated rings. The number of likely N-dealkylation sites (tertiary alicyclic amines) is 1. The highest BCUT2D eigenvalue weighted by atomic mass is 16.2. The fourth-order valence-corrected chi connectivity index (χ4v) is 3.60. The maximum absolute atomic E-state index is 12.5. The molecule has 0 bridgehead atoms. The van der Waals surface area contributed by atoms with Gasteiger partial charge in [0.15, 0.2) is 0 Å². The molecule has 1 amide bonds. The monoisotopic (exact) mass is 381 g/mol. The Hall–Kier alpha value is -2.93. The molecule has 7 heteroatoms. The van der Waals surface area contributed by atoms with Gasteiger partial charge in [0, 0.05) is 62.5 Å². The van der Waals surface area contributed by atoms with Crippen LogP contribution in [0.4, 0.5) is 5.69 Å². The molecule has 1 aliphatic heterocycles. The molecule has 2 aromatic heterocycles. The predicted molar refractivity (Wildman–Crippen MR) is 111 cm³/mol. The molecule has 148 valence electrons. The summed E-state index contributed by atoms with van der Waals surface area (Å²) in [5.41, 5.74) is 2.47. The van der Waals surface area contributed by atoms with E-state index in [1.165, 1.54) is 0 Å². The number of carbonyl (C=O) groups excluding carboxylic acids is 1. The maximum Gasteiger partial charge on any atom is 0.271 e. The average molecular weight is 381 g/mol. The van der Waals surface area contributed by atoms with E-state index >= 15 is 0 Å². The van der Waals surface area contributed by atoms with Crippen LogP contribution in [0.5, 0.6) is 0 Å². The lowest BCUT2D eigenvalue weighted by Gasteiger charge is -2.29. The molecule has 3 heterocycles. The first-order valence-corrected chi connectivity index (χ1v) is 9.63. The highest BCUT2D eigenvalue weighted by molar-refractivity contribution is 5.88. The molecule has 1 atom stereocenters. The van der Waals surface area contributed by atoms with Crippen LogP contribution in [0.15, 0.2) is 53.7 Å². The number of pyridine rings is 2. The summed E-state index contributed by atoms with van der Waals surface area (Å²) < 4.78 is 0. The van der Waals surface area contributed by atoms with E-state index in [2.05, 4.69) is 20.2 Å². The third kappa shape index (κ3) is 4.48. The standard InChI is InChI=1S/C21H27N5O2/c1-3-26(18-8-12-25(15-18)20(27)5-4-9-22-2)19-13-17(14-24-21(19)28)16-6-10-23-11-7-16/h4-7,10-11,13-14,18,22H,3,8-9,12,15H2,1-2H3,(H,24,28)/b5-4+/t18-/m0/s1. The molecule has 28 heavy (non-hydrogen) atoms. The summed E-state index contributed by atoms with van der Waals surface area (Å²) in [7, 11) is 1.84. The van der Waals surface area contributed by atoms with Crippen LogP contribution in [0, 0.1) is 0 Å². The Morgan fingerprint density at radius 2 is 2.18 bits per heavy atom. The zero-order chi connectivity index (χ0) is 19.9. The Labute approximate surface area is 165 Å². The molecule has 0 aromatic carbocycles. The molecule has 0 unspecified atom stereocenters. The summed E-state index contributed by atoms with van der Waals surface area (Å²) in [6.45, 7) is 4.73. The number of carbonyl (C=O) groups is 1. The molecule has 2 N–H and O–H groups in total. The molecule has 1 aliphatic rings. The molecule has 0 aliphatic carbocycles. The van der Waals surface area contributed by atoms with Crippen LogP contribution in [-0.2, 0) is 4.79 Å². The Bertz CT molecular complexity index is 878. The molecular weight excluding hydrogens is 354 g/mol. The average Bonchev–Trinajstić information content (AvgIpc) is 3.21. The summed E-state index contributed by atoms with van der Waals surface area (Å²) in [5, 5.41) is 2.99. The van der Waals surface area contributed by atoms with Crippen LogP contribution in [-0.4, -0.2) is 60.0 Å². The number of hydrogen-bond acceptors (Lipinski definition) is 5. The minimum absolute atomic E-state index is 0.0215. The molecular formula is C21H27N5O2. The van der Waals surface area contributed by atoms with Crippen molar-refractivity contribution in [2.45, 2.75) is 19.4 Å². The minimum Gasteiger partial charge on any atom is -0.363 e. The number of amides is 1. The van der Waals surface area contributed by atoms with E-state index in [1.807, 2.05) is 43.1 Å². The van der Waals surface area contributed by atoms with E-state index < -0.39 is 0 Å². The van der Waals surface area contributed by atoms with Crippen LogP contribution in [0.25, 0.3) is 11.1 Å². The van der Waals surface area contributed by atoms with Gasteiger partial charge in [0.25, 0.3) is 5.56 Å². The molecule has 3 rings (SSSR count). The summed E-state index contributed by atoms with van der Waals surface area (Å²) >= 11 is 0. The smallest absolute Gasteiger partial charge is 0.271 e. The zero-order valence-electron chi connectivity index (χ0n) is 16.4. The van der Waals surface area contributed by atoms with Crippen molar-refractivity contribution in [2.24, 2.45) is 0 Å². The maximum atomic E-state index is 12.5. The lowest BCUT2D eigenvalue weighted by molar-refractivity contribution is -0.125. The topological polar surface area (TPSA) is 81.3 Å². The highest BCUT2D eigenvalue weighted by Gasteiger charge is 2.30. The first-order valence-electron chi connectivity index (χ1n) is 9.63. The van der Waals surface area contributed by atoms with Gasteiger partial charge in [0.2, 0.25) is 5.91 Å². The number of aromatic amines is 1. The van der Waals surface area contributed by atoms with E-state index in [4.69, 9.17) is 0 Å². The molecule has 2 aromatic rings. The van der Waals surface area contributed by atoms with E-state index in [9.17, 15) is 9.59 Å². The fourth-order valence-electron chi connectivity index (χ4n) is 3.60. The molecule has 0 saturated carbocycles. The van der Waals surface area contributed by atoms with Crippen molar-refractivity contribution in [3.05, 3.63) is 59.3 Å². The van der Waals surface area contributed by atoms with Crippen molar-refractivity contribution in [2.75, 3.05) is 38.1 Å². The van der Waals surface area contributed by atoms with Gasteiger partial charge in [-0.25, -0.2) is 0 Å². The summed E-state index contributed by atoms with van der Waals surface area (Å²) in [6.07, 6.45) is 9.49. The van der Waals surface area contributed by atoms with Gasteiger partial charge in [-0.3, -0.25) is 14.6 Å². The van der Waals surface area contributed by atoms with Gasteiger partial charge < -0.3 is 20.1 Å². The van der Waals surface area contributed by atoms with Gasteiger partial charge in [-0.15, -0.1) is 0 Å². The Balaban J connectivity index is 1.79. The second-order valence-corrected chi connectivity index (χ2v) is 6.81. The molecule has 7 nitrogen and oxygen atoms in total. The van der Waals surface area contributed by atoms with Crippen molar-refractivity contribution in [1.29, 1.82) is 0 Å². The molecule has 0 spiro atoms. The number of aromatic nitrogens is 2. The van der Waals surface area contributed by atoms with Gasteiger partial charge in [0.1, 0.15) is 5.69 Å². The van der Waals surface area contributed by atoms with E-state index in [-0.39, 0.29) is 17.5 Å². The van der Waals surface area contributed by atoms with Crippen molar-refractivity contribution in [3.63, 3.8) is 0 Å². The second kappa shape index (κ2) is 9.32. The van der Waals surface area contributed by atoms with Crippen molar-refractivity contribution in [1.82, 2.24) is 20.2 Å². The number of anilines is 1. The van der Waals surface area contributed by atoms with Crippen molar-refractivity contribution >= 4 is 11.6 Å². The lowest BCUT2D eigenvalue weighted by Crippen LogP contribution is -2.41. The second-order valence-electron chi connectivity index (χ2n) is 6.81. The molecule has 1 saturated heterocycles. The van der Waals surface area contributed by atoms with Crippen LogP contribution < -0.4 is 15.8 Å². The van der Waals surface area contributed by atoms with Crippen LogP contribution in [0.3, 0.4) is 0 Å². The van der Waals surface area contributed by atoms with E-state index in [1.54, 1.807) is 24.7 Å². The summed E-state index contributed by atoms with van der Waals surface area (Å²) in [6, 6.07) is 5.89. The van der Waals surface area contributed by atoms with Crippen molar-refractivity contribution < 1.29 is 4.79 Å². The van der Waals surface area contributed by atoms with Gasteiger partial charge >= 0.3 is 0 Å². The third-order valence-corrected chi connectivity index (χ3v) is 5.05. The van der Waals surface area contributed by atoms with Crippen molar-refractivity contribution in [3.8, 4) is 11.1 Å².